The van der Waals surface area contributed by atoms with E-state index in [9.17, 15) is 4.57 Å². The van der Waals surface area contributed by atoms with E-state index in [4.69, 9.17) is 13.6 Å². The normalized spacial score (nSPS) is 21.7. The molecular weight excluding hydrogens is 227 g/mol. The fourth-order valence-electron chi connectivity index (χ4n) is 1.71. The molecule has 0 N–H and O–H groups in total. The third-order valence-corrected chi connectivity index (χ3v) is 3.96. The van der Waals surface area contributed by atoms with E-state index in [1.807, 2.05) is 6.08 Å². The van der Waals surface area contributed by atoms with Crippen molar-refractivity contribution in [2.45, 2.75) is 40.0 Å². The largest absolute Gasteiger partial charge is 0.529 e. The predicted octanol–water partition coefficient (Wildman–Crippen LogP) is 3.89. The summed E-state index contributed by atoms with van der Waals surface area (Å²) >= 11 is 0. The molecule has 0 aromatic rings. The molecule has 0 radical (unpaired) electrons. The summed E-state index contributed by atoms with van der Waals surface area (Å²) in [5.74, 6) is 1.21. The van der Waals surface area contributed by atoms with Gasteiger partial charge in [-0.15, -0.1) is 0 Å². The summed E-state index contributed by atoms with van der Waals surface area (Å²) < 4.78 is 27.6. The van der Waals surface area contributed by atoms with Gasteiger partial charge in [-0.25, -0.2) is 4.57 Å². The van der Waals surface area contributed by atoms with Gasteiger partial charge in [0.25, 0.3) is 0 Å². The van der Waals surface area contributed by atoms with E-state index in [0.29, 0.717) is 19.1 Å². The SMILES string of the molecule is CCOP(=O)(OCC)OC1=C[C@@H](C)CCC1. The quantitative estimate of drug-likeness (QED) is 0.669. The molecule has 16 heavy (non-hydrogen) atoms. The first-order valence-corrected chi connectivity index (χ1v) is 7.35. The average molecular weight is 248 g/mol. The van der Waals surface area contributed by atoms with E-state index in [1.54, 1.807) is 13.8 Å². The molecule has 0 spiro atoms. The monoisotopic (exact) mass is 248 g/mol. The van der Waals surface area contributed by atoms with Gasteiger partial charge in [0.2, 0.25) is 0 Å². The van der Waals surface area contributed by atoms with Crippen molar-refractivity contribution in [3.8, 4) is 0 Å². The van der Waals surface area contributed by atoms with Crippen LogP contribution in [-0.2, 0) is 18.1 Å². The Morgan fingerprint density at radius 2 is 2.00 bits per heavy atom. The first kappa shape index (κ1) is 13.8. The molecule has 0 fully saturated rings. The molecule has 4 nitrogen and oxygen atoms in total. The molecule has 1 atom stereocenters. The van der Waals surface area contributed by atoms with Crippen LogP contribution in [0.25, 0.3) is 0 Å². The summed E-state index contributed by atoms with van der Waals surface area (Å²) in [6.07, 6.45) is 5.04. The third-order valence-electron chi connectivity index (χ3n) is 2.36. The number of hydrogen-bond donors (Lipinski definition) is 0. The van der Waals surface area contributed by atoms with Gasteiger partial charge in [-0.1, -0.05) is 6.92 Å². The second-order valence-corrected chi connectivity index (χ2v) is 5.47. The summed E-state index contributed by atoms with van der Waals surface area (Å²) in [6.45, 7) is 6.30. The summed E-state index contributed by atoms with van der Waals surface area (Å²) in [4.78, 5) is 0. The first-order valence-electron chi connectivity index (χ1n) is 5.89. The minimum atomic E-state index is -3.38. The van der Waals surface area contributed by atoms with Crippen LogP contribution in [0.15, 0.2) is 11.8 Å². The van der Waals surface area contributed by atoms with E-state index in [0.717, 1.165) is 25.0 Å². The fourth-order valence-corrected chi connectivity index (χ4v) is 2.96. The number of phosphoric acid groups is 1. The molecule has 5 heteroatoms. The lowest BCUT2D eigenvalue weighted by atomic mass is 9.97. The molecule has 1 aliphatic rings. The van der Waals surface area contributed by atoms with Gasteiger partial charge in [0.1, 0.15) is 5.76 Å². The summed E-state index contributed by atoms with van der Waals surface area (Å²) in [5, 5.41) is 0. The molecule has 1 rings (SSSR count). The molecule has 0 heterocycles. The van der Waals surface area contributed by atoms with Crippen LogP contribution in [0.1, 0.15) is 40.0 Å². The lowest BCUT2D eigenvalue weighted by Crippen LogP contribution is -2.05. The summed E-state index contributed by atoms with van der Waals surface area (Å²) in [5.41, 5.74) is 0. The van der Waals surface area contributed by atoms with E-state index in [2.05, 4.69) is 6.92 Å². The van der Waals surface area contributed by atoms with Crippen molar-refractivity contribution < 1.29 is 18.1 Å². The van der Waals surface area contributed by atoms with Gasteiger partial charge in [0, 0.05) is 6.42 Å². The molecule has 94 valence electrons. The van der Waals surface area contributed by atoms with E-state index in [-0.39, 0.29) is 0 Å². The Morgan fingerprint density at radius 1 is 1.38 bits per heavy atom. The molecule has 0 saturated carbocycles. The average Bonchev–Trinajstić information content (AvgIpc) is 2.17. The van der Waals surface area contributed by atoms with Crippen LogP contribution in [0.3, 0.4) is 0 Å². The minimum absolute atomic E-state index is 0.320. The Bertz CT molecular complexity index is 278. The molecular formula is C11H21O4P. The summed E-state index contributed by atoms with van der Waals surface area (Å²) in [7, 11) is -3.38. The second-order valence-electron chi connectivity index (χ2n) is 3.88. The molecule has 0 amide bonds. The number of allylic oxidation sites excluding steroid dienone is 2. The second kappa shape index (κ2) is 6.43. The zero-order valence-corrected chi connectivity index (χ0v) is 11.2. The zero-order chi connectivity index (χ0) is 12.0. The highest BCUT2D eigenvalue weighted by atomic mass is 31.2. The highest BCUT2D eigenvalue weighted by molar-refractivity contribution is 7.48. The van der Waals surface area contributed by atoms with Gasteiger partial charge in [-0.3, -0.25) is 9.05 Å². The highest BCUT2D eigenvalue weighted by Gasteiger charge is 2.29. The van der Waals surface area contributed by atoms with Crippen LogP contribution < -0.4 is 0 Å². The van der Waals surface area contributed by atoms with Crippen molar-refractivity contribution in [3.63, 3.8) is 0 Å². The molecule has 0 unspecified atom stereocenters. The van der Waals surface area contributed by atoms with Gasteiger partial charge in [0.15, 0.2) is 0 Å². The van der Waals surface area contributed by atoms with Gasteiger partial charge in [-0.2, -0.15) is 0 Å². The third kappa shape index (κ3) is 4.28. The predicted molar refractivity (Wildman–Crippen MR) is 63.0 cm³/mol. The maximum atomic E-state index is 12.1. The van der Waals surface area contributed by atoms with Crippen molar-refractivity contribution >= 4 is 7.82 Å². The van der Waals surface area contributed by atoms with Crippen LogP contribution in [0.4, 0.5) is 0 Å². The number of phosphoric ester groups is 1. The van der Waals surface area contributed by atoms with Crippen molar-refractivity contribution in [1.82, 2.24) is 0 Å². The van der Waals surface area contributed by atoms with Crippen LogP contribution in [0.5, 0.6) is 0 Å². The molecule has 0 aromatic heterocycles. The molecule has 0 aromatic carbocycles. The Balaban J connectivity index is 2.64. The van der Waals surface area contributed by atoms with E-state index in [1.165, 1.54) is 0 Å². The van der Waals surface area contributed by atoms with Crippen molar-refractivity contribution in [3.05, 3.63) is 11.8 Å². The maximum absolute atomic E-state index is 12.1. The van der Waals surface area contributed by atoms with E-state index >= 15 is 0 Å². The maximum Gasteiger partial charge on any atom is 0.529 e. The topological polar surface area (TPSA) is 44.8 Å². The Hall–Kier alpha value is -0.310. The van der Waals surface area contributed by atoms with Crippen LogP contribution in [-0.4, -0.2) is 13.2 Å². The van der Waals surface area contributed by atoms with Gasteiger partial charge in [0.05, 0.1) is 13.2 Å². The number of rotatable bonds is 6. The Morgan fingerprint density at radius 3 is 2.50 bits per heavy atom. The number of hydrogen-bond acceptors (Lipinski definition) is 4. The van der Waals surface area contributed by atoms with Gasteiger partial charge in [-0.05, 0) is 38.7 Å². The smallest absolute Gasteiger partial charge is 0.409 e. The Labute approximate surface area is 97.6 Å². The molecule has 0 bridgehead atoms. The van der Waals surface area contributed by atoms with Crippen molar-refractivity contribution in [1.29, 1.82) is 0 Å². The zero-order valence-electron chi connectivity index (χ0n) is 10.3. The van der Waals surface area contributed by atoms with Crippen LogP contribution >= 0.6 is 7.82 Å². The first-order chi connectivity index (χ1) is 7.59. The van der Waals surface area contributed by atoms with Crippen LogP contribution in [0.2, 0.25) is 0 Å². The van der Waals surface area contributed by atoms with Gasteiger partial charge < -0.3 is 4.52 Å². The molecule has 0 aliphatic heterocycles. The fraction of sp³-hybridized carbons (Fsp3) is 0.818. The lowest BCUT2D eigenvalue weighted by molar-refractivity contribution is 0.141. The standard InChI is InChI=1S/C11H21O4P/c1-4-13-16(12,14-5-2)15-11-8-6-7-10(3)9-11/h9-10H,4-8H2,1-3H3/t10-/m0/s1. The van der Waals surface area contributed by atoms with Crippen molar-refractivity contribution in [2.24, 2.45) is 5.92 Å². The molecule has 1 aliphatic carbocycles. The molecule has 0 saturated heterocycles. The lowest BCUT2D eigenvalue weighted by Gasteiger charge is -2.22. The van der Waals surface area contributed by atoms with Gasteiger partial charge >= 0.3 is 7.82 Å². The summed E-state index contributed by atoms with van der Waals surface area (Å²) in [6, 6.07) is 0. The van der Waals surface area contributed by atoms with Crippen molar-refractivity contribution in [2.75, 3.05) is 13.2 Å². The van der Waals surface area contributed by atoms with E-state index < -0.39 is 7.82 Å². The minimum Gasteiger partial charge on any atom is -0.409 e. The highest BCUT2D eigenvalue weighted by Crippen LogP contribution is 2.52. The Kier molecular flexibility index (Phi) is 5.53. The van der Waals surface area contributed by atoms with Crippen LogP contribution in [0, 0.1) is 5.92 Å².